The van der Waals surface area contributed by atoms with Gasteiger partial charge in [-0.15, -0.1) is 0 Å². The Morgan fingerprint density at radius 3 is 0.727 bits per heavy atom. The van der Waals surface area contributed by atoms with Crippen molar-refractivity contribution in [1.29, 1.82) is 0 Å². The lowest BCUT2D eigenvalue weighted by molar-refractivity contribution is 0.363. The average Bonchev–Trinajstić information content (AvgIpc) is 2.14. The van der Waals surface area contributed by atoms with Crippen LogP contribution in [0, 0.1) is 21.7 Å². The van der Waals surface area contributed by atoms with E-state index in [-0.39, 0.29) is 21.7 Å². The van der Waals surface area contributed by atoms with Crippen LogP contribution in [-0.2, 0) is 0 Å². The lowest BCUT2D eigenvalue weighted by Gasteiger charge is -2.31. The molecule has 0 heteroatoms. The molecule has 0 fully saturated rings. The van der Waals surface area contributed by atoms with Crippen LogP contribution in [0.3, 0.4) is 0 Å². The molecule has 0 N–H and O–H groups in total. The highest BCUT2D eigenvalue weighted by Gasteiger charge is 2.28. The van der Waals surface area contributed by atoms with Crippen molar-refractivity contribution in [2.24, 2.45) is 21.7 Å². The van der Waals surface area contributed by atoms with Gasteiger partial charge in [0.05, 0.1) is 0 Å². The molecule has 0 heterocycles. The van der Waals surface area contributed by atoms with Crippen LogP contribution in [0.1, 0.15) is 83.1 Å². The molecule has 0 spiro atoms. The van der Waals surface area contributed by atoms with Crippen molar-refractivity contribution in [2.45, 2.75) is 83.1 Å². The SMILES string of the molecule is CC(C)(C)C(=C=C=C=C=C(C(C)(C)C)C(C)(C)C)C(C)(C)C. The second-order valence-electron chi connectivity index (χ2n) is 10.2. The number of allylic oxidation sites excluding steroid dienone is 2. The Morgan fingerprint density at radius 2 is 0.591 bits per heavy atom. The van der Waals surface area contributed by atoms with Crippen LogP contribution >= 0.6 is 0 Å². The fourth-order valence-corrected chi connectivity index (χ4v) is 3.19. The van der Waals surface area contributed by atoms with Gasteiger partial charge < -0.3 is 0 Å². The minimum atomic E-state index is 0.0769. The van der Waals surface area contributed by atoms with E-state index in [1.54, 1.807) is 0 Å². The smallest absolute Gasteiger partial charge is 0.00851 e. The minimum absolute atomic E-state index is 0.0769. The zero-order valence-electron chi connectivity index (χ0n) is 17.0. The summed E-state index contributed by atoms with van der Waals surface area (Å²) in [5.74, 6) is 0. The average molecular weight is 301 g/mol. The van der Waals surface area contributed by atoms with Crippen LogP contribution in [0.5, 0.6) is 0 Å². The van der Waals surface area contributed by atoms with E-state index in [0.29, 0.717) is 0 Å². The zero-order chi connectivity index (χ0) is 18.0. The van der Waals surface area contributed by atoms with Crippen molar-refractivity contribution in [2.75, 3.05) is 0 Å². The molecule has 22 heavy (non-hydrogen) atoms. The molecule has 0 aromatic heterocycles. The van der Waals surface area contributed by atoms with Gasteiger partial charge in [0.15, 0.2) is 0 Å². The van der Waals surface area contributed by atoms with E-state index in [1.165, 1.54) is 11.1 Å². The molecule has 0 rings (SSSR count). The fraction of sp³-hybridized carbons (Fsp3) is 0.727. The van der Waals surface area contributed by atoms with Gasteiger partial charge in [0.1, 0.15) is 0 Å². The molecule has 124 valence electrons. The first-order valence-corrected chi connectivity index (χ1v) is 8.25. The maximum absolute atomic E-state index is 3.34. The maximum atomic E-state index is 3.34. The summed E-state index contributed by atoms with van der Waals surface area (Å²) in [5, 5.41) is 0. The van der Waals surface area contributed by atoms with Crippen molar-refractivity contribution in [3.8, 4) is 0 Å². The number of hydrogen-bond donors (Lipinski definition) is 0. The third-order valence-electron chi connectivity index (χ3n) is 3.44. The van der Waals surface area contributed by atoms with Gasteiger partial charge in [-0.25, -0.2) is 0 Å². The van der Waals surface area contributed by atoms with E-state index in [9.17, 15) is 0 Å². The standard InChI is InChI=1S/C22H36/c1-19(2,3)17(20(4,5)6)15-13-14-16-18(21(7,8)9)22(10,11)12/h1-12H3. The molecular formula is C22H36. The molecule has 0 aliphatic carbocycles. The van der Waals surface area contributed by atoms with Crippen molar-refractivity contribution >= 4 is 0 Å². The van der Waals surface area contributed by atoms with Crippen molar-refractivity contribution in [3.63, 3.8) is 0 Å². The molecule has 0 radical (unpaired) electrons. The Bertz CT molecular complexity index is 472. The summed E-state index contributed by atoms with van der Waals surface area (Å²) >= 11 is 0. The highest BCUT2D eigenvalue weighted by molar-refractivity contribution is 5.19. The van der Waals surface area contributed by atoms with Gasteiger partial charge in [0.2, 0.25) is 0 Å². The molecule has 0 aromatic carbocycles. The largest absolute Gasteiger partial charge is 0.0606 e. The Balaban J connectivity index is 6.51. The zero-order valence-corrected chi connectivity index (χ0v) is 17.0. The molecule has 0 amide bonds. The number of rotatable bonds is 0. The van der Waals surface area contributed by atoms with E-state index in [4.69, 9.17) is 0 Å². The van der Waals surface area contributed by atoms with E-state index < -0.39 is 0 Å². The van der Waals surface area contributed by atoms with Gasteiger partial charge in [0, 0.05) is 0 Å². The Labute approximate surface area is 139 Å². The van der Waals surface area contributed by atoms with Crippen LogP contribution in [0.2, 0.25) is 0 Å². The van der Waals surface area contributed by atoms with Crippen LogP contribution in [-0.4, -0.2) is 0 Å². The van der Waals surface area contributed by atoms with Crippen molar-refractivity contribution in [3.05, 3.63) is 34.1 Å². The number of hydrogen-bond acceptors (Lipinski definition) is 0. The summed E-state index contributed by atoms with van der Waals surface area (Å²) in [7, 11) is 0. The van der Waals surface area contributed by atoms with Gasteiger partial charge in [-0.3, -0.25) is 0 Å². The Kier molecular flexibility index (Phi) is 6.20. The molecular weight excluding hydrogens is 264 g/mol. The molecule has 0 saturated heterocycles. The summed E-state index contributed by atoms with van der Waals surface area (Å²) in [4.78, 5) is 0. The molecule has 0 aromatic rings. The summed E-state index contributed by atoms with van der Waals surface area (Å²) in [5.41, 5.74) is 15.7. The molecule has 0 unspecified atom stereocenters. The quantitative estimate of drug-likeness (QED) is 0.419. The minimum Gasteiger partial charge on any atom is -0.0606 e. The van der Waals surface area contributed by atoms with Gasteiger partial charge in [-0.2, -0.15) is 0 Å². The molecule has 0 saturated carbocycles. The third kappa shape index (κ3) is 6.75. The van der Waals surface area contributed by atoms with E-state index in [0.717, 1.165) is 0 Å². The highest BCUT2D eigenvalue weighted by Crippen LogP contribution is 2.39. The summed E-state index contributed by atoms with van der Waals surface area (Å²) in [6.07, 6.45) is 0. The van der Waals surface area contributed by atoms with E-state index in [2.05, 4.69) is 106 Å². The topological polar surface area (TPSA) is 0 Å². The molecule has 0 bridgehead atoms. The Morgan fingerprint density at radius 1 is 0.409 bits per heavy atom. The first-order chi connectivity index (χ1) is 9.47. The highest BCUT2D eigenvalue weighted by atomic mass is 14.3. The van der Waals surface area contributed by atoms with Crippen molar-refractivity contribution in [1.82, 2.24) is 0 Å². The lowest BCUT2D eigenvalue weighted by Crippen LogP contribution is -2.21. The molecule has 0 nitrogen and oxygen atoms in total. The van der Waals surface area contributed by atoms with Gasteiger partial charge in [-0.05, 0) is 44.3 Å². The summed E-state index contributed by atoms with van der Waals surface area (Å²) in [6.45, 7) is 26.6. The van der Waals surface area contributed by atoms with Gasteiger partial charge >= 0.3 is 0 Å². The molecule has 0 aliphatic rings. The second kappa shape index (κ2) is 6.54. The normalized spacial score (nSPS) is 12.7. The van der Waals surface area contributed by atoms with Crippen LogP contribution in [0.4, 0.5) is 0 Å². The lowest BCUT2D eigenvalue weighted by atomic mass is 9.72. The van der Waals surface area contributed by atoms with Gasteiger partial charge in [0.25, 0.3) is 0 Å². The van der Waals surface area contributed by atoms with Crippen LogP contribution in [0.15, 0.2) is 34.1 Å². The fourth-order valence-electron chi connectivity index (χ4n) is 3.19. The van der Waals surface area contributed by atoms with E-state index >= 15 is 0 Å². The van der Waals surface area contributed by atoms with E-state index in [1.807, 2.05) is 0 Å². The predicted octanol–water partition coefficient (Wildman–Crippen LogP) is 7.09. The predicted molar refractivity (Wildman–Crippen MR) is 98.9 cm³/mol. The van der Waals surface area contributed by atoms with Crippen LogP contribution in [0.25, 0.3) is 0 Å². The van der Waals surface area contributed by atoms with Crippen molar-refractivity contribution < 1.29 is 0 Å². The molecule has 0 atom stereocenters. The third-order valence-corrected chi connectivity index (χ3v) is 3.44. The summed E-state index contributed by atoms with van der Waals surface area (Å²) in [6, 6.07) is 0. The summed E-state index contributed by atoms with van der Waals surface area (Å²) < 4.78 is 0. The van der Waals surface area contributed by atoms with Gasteiger partial charge in [-0.1, -0.05) is 94.5 Å². The monoisotopic (exact) mass is 300 g/mol. The Hall–Kier alpha value is -1.14. The first-order valence-electron chi connectivity index (χ1n) is 8.25. The second-order valence-corrected chi connectivity index (χ2v) is 10.2. The van der Waals surface area contributed by atoms with Crippen LogP contribution < -0.4 is 0 Å². The maximum Gasteiger partial charge on any atom is -0.00851 e. The molecule has 0 aliphatic heterocycles. The first kappa shape index (κ1) is 20.9.